The maximum atomic E-state index is 12.7. The van der Waals surface area contributed by atoms with Crippen molar-refractivity contribution in [2.45, 2.75) is 31.7 Å². The molecular formula is C19H23N5O2S. The van der Waals surface area contributed by atoms with Gasteiger partial charge in [0.1, 0.15) is 11.5 Å². The maximum Gasteiger partial charge on any atom is 0.280 e. The zero-order chi connectivity index (χ0) is 18.6. The van der Waals surface area contributed by atoms with E-state index in [0.717, 1.165) is 44.6 Å². The summed E-state index contributed by atoms with van der Waals surface area (Å²) in [5, 5.41) is 5.09. The summed E-state index contributed by atoms with van der Waals surface area (Å²) < 4.78 is 0. The van der Waals surface area contributed by atoms with E-state index < -0.39 is 0 Å². The predicted octanol–water partition coefficient (Wildman–Crippen LogP) is 2.17. The van der Waals surface area contributed by atoms with Crippen LogP contribution in [0.25, 0.3) is 0 Å². The standard InChI is InChI=1S/C19H23N5O2S/c25-17(21-14-5-1-2-6-14)18-22-15(13-27-18)19(26)24-11-9-23(10-12-24)16-7-3-4-8-20-16/h3-4,7-8,13-14H,1-2,5-6,9-12H2,(H,21,25). The lowest BCUT2D eigenvalue weighted by molar-refractivity contribution is 0.0741. The fourth-order valence-electron chi connectivity index (χ4n) is 3.63. The summed E-state index contributed by atoms with van der Waals surface area (Å²) in [4.78, 5) is 37.7. The van der Waals surface area contributed by atoms with E-state index in [0.29, 0.717) is 23.8 Å². The number of rotatable bonds is 4. The number of carbonyl (C=O) groups is 2. The average Bonchev–Trinajstić information content (AvgIpc) is 3.40. The molecule has 0 spiro atoms. The summed E-state index contributed by atoms with van der Waals surface area (Å²) in [6.45, 7) is 2.72. The topological polar surface area (TPSA) is 78.4 Å². The van der Waals surface area contributed by atoms with Gasteiger partial charge in [-0.25, -0.2) is 9.97 Å². The molecular weight excluding hydrogens is 362 g/mol. The molecule has 1 aliphatic carbocycles. The van der Waals surface area contributed by atoms with E-state index in [9.17, 15) is 9.59 Å². The molecule has 4 rings (SSSR count). The van der Waals surface area contributed by atoms with Gasteiger partial charge in [0.25, 0.3) is 11.8 Å². The van der Waals surface area contributed by atoms with Crippen LogP contribution >= 0.6 is 11.3 Å². The lowest BCUT2D eigenvalue weighted by Crippen LogP contribution is -2.49. The molecule has 7 nitrogen and oxygen atoms in total. The average molecular weight is 385 g/mol. The fourth-order valence-corrected chi connectivity index (χ4v) is 4.33. The molecule has 2 aromatic heterocycles. The highest BCUT2D eigenvalue weighted by molar-refractivity contribution is 7.11. The highest BCUT2D eigenvalue weighted by atomic mass is 32.1. The van der Waals surface area contributed by atoms with Gasteiger partial charge in [-0.3, -0.25) is 9.59 Å². The summed E-state index contributed by atoms with van der Waals surface area (Å²) >= 11 is 1.24. The Bertz CT molecular complexity index is 795. The van der Waals surface area contributed by atoms with Crippen molar-refractivity contribution in [1.29, 1.82) is 0 Å². The van der Waals surface area contributed by atoms with Crippen molar-refractivity contribution in [2.24, 2.45) is 0 Å². The number of piperazine rings is 1. The molecule has 8 heteroatoms. The van der Waals surface area contributed by atoms with Gasteiger partial charge in [-0.15, -0.1) is 11.3 Å². The van der Waals surface area contributed by atoms with E-state index in [1.54, 1.807) is 16.5 Å². The van der Waals surface area contributed by atoms with Gasteiger partial charge < -0.3 is 15.1 Å². The Labute approximate surface area is 162 Å². The van der Waals surface area contributed by atoms with Gasteiger partial charge in [-0.05, 0) is 25.0 Å². The molecule has 2 aromatic rings. The SMILES string of the molecule is O=C(NC1CCCC1)c1nc(C(=O)N2CCN(c3ccccn3)CC2)cs1. The van der Waals surface area contributed by atoms with E-state index in [4.69, 9.17) is 0 Å². The van der Waals surface area contributed by atoms with Crippen LogP contribution in [0.1, 0.15) is 46.0 Å². The van der Waals surface area contributed by atoms with Crippen LogP contribution in [0.15, 0.2) is 29.8 Å². The third-order valence-corrected chi connectivity index (χ3v) is 5.99. The highest BCUT2D eigenvalue weighted by Crippen LogP contribution is 2.20. The Morgan fingerprint density at radius 3 is 2.59 bits per heavy atom. The second kappa shape index (κ2) is 8.04. The van der Waals surface area contributed by atoms with Crippen LogP contribution in [0.2, 0.25) is 0 Å². The number of carbonyl (C=O) groups excluding carboxylic acids is 2. The summed E-state index contributed by atoms with van der Waals surface area (Å²) in [6, 6.07) is 6.09. The summed E-state index contributed by atoms with van der Waals surface area (Å²) in [5.74, 6) is 0.668. The van der Waals surface area contributed by atoms with Crippen LogP contribution in [-0.4, -0.2) is 58.9 Å². The summed E-state index contributed by atoms with van der Waals surface area (Å²) in [6.07, 6.45) is 6.17. The summed E-state index contributed by atoms with van der Waals surface area (Å²) in [5.41, 5.74) is 0.364. The number of pyridine rings is 1. The van der Waals surface area contributed by atoms with Crippen LogP contribution in [0.5, 0.6) is 0 Å². The number of thiazole rings is 1. The van der Waals surface area contributed by atoms with Crippen molar-refractivity contribution >= 4 is 29.0 Å². The van der Waals surface area contributed by atoms with Gasteiger partial charge in [0.15, 0.2) is 5.01 Å². The first-order chi connectivity index (χ1) is 13.2. The first-order valence-electron chi connectivity index (χ1n) is 9.42. The van der Waals surface area contributed by atoms with Gasteiger partial charge in [0.2, 0.25) is 0 Å². The van der Waals surface area contributed by atoms with E-state index >= 15 is 0 Å². The molecule has 142 valence electrons. The number of amides is 2. The molecule has 1 saturated heterocycles. The predicted molar refractivity (Wildman–Crippen MR) is 104 cm³/mol. The van der Waals surface area contributed by atoms with Crippen molar-refractivity contribution in [3.05, 3.63) is 40.5 Å². The normalized spacial score (nSPS) is 17.9. The Kier molecular flexibility index (Phi) is 5.33. The molecule has 1 aliphatic heterocycles. The molecule has 2 aliphatic rings. The molecule has 0 aromatic carbocycles. The van der Waals surface area contributed by atoms with Gasteiger partial charge in [0, 0.05) is 43.8 Å². The first kappa shape index (κ1) is 17.9. The Morgan fingerprint density at radius 1 is 1.11 bits per heavy atom. The van der Waals surface area contributed by atoms with Crippen molar-refractivity contribution in [2.75, 3.05) is 31.1 Å². The van der Waals surface area contributed by atoms with Crippen molar-refractivity contribution in [3.8, 4) is 0 Å². The van der Waals surface area contributed by atoms with Crippen molar-refractivity contribution in [1.82, 2.24) is 20.2 Å². The largest absolute Gasteiger partial charge is 0.353 e. The maximum absolute atomic E-state index is 12.7. The number of hydrogen-bond donors (Lipinski definition) is 1. The molecule has 27 heavy (non-hydrogen) atoms. The van der Waals surface area contributed by atoms with E-state index in [2.05, 4.69) is 20.2 Å². The van der Waals surface area contributed by atoms with Gasteiger partial charge in [0.05, 0.1) is 0 Å². The molecule has 2 amide bonds. The molecule has 3 heterocycles. The second-order valence-electron chi connectivity index (χ2n) is 6.96. The Hall–Kier alpha value is -2.48. The Morgan fingerprint density at radius 2 is 1.89 bits per heavy atom. The van der Waals surface area contributed by atoms with E-state index in [1.165, 1.54) is 11.3 Å². The molecule has 0 unspecified atom stereocenters. The van der Waals surface area contributed by atoms with Crippen LogP contribution in [-0.2, 0) is 0 Å². The number of nitrogens with one attached hydrogen (secondary N) is 1. The minimum atomic E-state index is -0.161. The third kappa shape index (κ3) is 4.10. The summed E-state index contributed by atoms with van der Waals surface area (Å²) in [7, 11) is 0. The quantitative estimate of drug-likeness (QED) is 0.873. The van der Waals surface area contributed by atoms with Crippen LogP contribution < -0.4 is 10.2 Å². The molecule has 2 fully saturated rings. The highest BCUT2D eigenvalue weighted by Gasteiger charge is 2.26. The molecule has 1 saturated carbocycles. The minimum Gasteiger partial charge on any atom is -0.353 e. The number of nitrogens with zero attached hydrogens (tertiary/aromatic N) is 4. The zero-order valence-corrected chi connectivity index (χ0v) is 16.0. The molecule has 1 N–H and O–H groups in total. The second-order valence-corrected chi connectivity index (χ2v) is 7.82. The van der Waals surface area contributed by atoms with Gasteiger partial charge in [-0.1, -0.05) is 18.9 Å². The van der Waals surface area contributed by atoms with Crippen molar-refractivity contribution < 1.29 is 9.59 Å². The number of aromatic nitrogens is 2. The smallest absolute Gasteiger partial charge is 0.280 e. The van der Waals surface area contributed by atoms with Crippen LogP contribution in [0.3, 0.4) is 0 Å². The molecule has 0 bridgehead atoms. The molecule has 0 radical (unpaired) electrons. The monoisotopic (exact) mass is 385 g/mol. The lowest BCUT2D eigenvalue weighted by Gasteiger charge is -2.35. The van der Waals surface area contributed by atoms with Crippen LogP contribution in [0, 0.1) is 0 Å². The number of anilines is 1. The Balaban J connectivity index is 1.33. The van der Waals surface area contributed by atoms with Crippen LogP contribution in [0.4, 0.5) is 5.82 Å². The van der Waals surface area contributed by atoms with Crippen molar-refractivity contribution in [3.63, 3.8) is 0 Å². The third-order valence-electron chi connectivity index (χ3n) is 5.15. The van der Waals surface area contributed by atoms with Gasteiger partial charge >= 0.3 is 0 Å². The first-order valence-corrected chi connectivity index (χ1v) is 10.3. The van der Waals surface area contributed by atoms with E-state index in [-0.39, 0.29) is 17.9 Å². The lowest BCUT2D eigenvalue weighted by atomic mass is 10.2. The fraction of sp³-hybridized carbons (Fsp3) is 0.474. The number of hydrogen-bond acceptors (Lipinski definition) is 6. The molecule has 0 atom stereocenters. The minimum absolute atomic E-state index is 0.105. The zero-order valence-electron chi connectivity index (χ0n) is 15.1. The van der Waals surface area contributed by atoms with Gasteiger partial charge in [-0.2, -0.15) is 0 Å². The van der Waals surface area contributed by atoms with E-state index in [1.807, 2.05) is 18.2 Å².